The van der Waals surface area contributed by atoms with Crippen LogP contribution >= 0.6 is 0 Å². The van der Waals surface area contributed by atoms with E-state index in [9.17, 15) is 0 Å². The summed E-state index contributed by atoms with van der Waals surface area (Å²) in [5, 5.41) is 0. The molecule has 0 aliphatic rings. The zero-order valence-electron chi connectivity index (χ0n) is 34.7. The number of ether oxygens (including phenoxy) is 4. The van der Waals surface area contributed by atoms with Crippen molar-refractivity contribution in [3.8, 4) is 0 Å². The summed E-state index contributed by atoms with van der Waals surface area (Å²) in [6.07, 6.45) is 9.93. The lowest BCUT2D eigenvalue weighted by Crippen LogP contribution is -2.71. The molecule has 0 spiro atoms. The molecule has 9 nitrogen and oxygen atoms in total. The zero-order valence-corrected chi connectivity index (χ0v) is 38.7. The van der Waals surface area contributed by atoms with Crippen molar-refractivity contribution >= 4 is 34.2 Å². The fourth-order valence-electron chi connectivity index (χ4n) is 5.28. The summed E-state index contributed by atoms with van der Waals surface area (Å²) in [5.41, 5.74) is 0.359. The molecule has 0 aromatic rings. The molecule has 0 aliphatic carbocycles. The van der Waals surface area contributed by atoms with Gasteiger partial charge in [0.2, 0.25) is 0 Å². The Morgan fingerprint density at radius 2 is 0.571 bits per heavy atom. The highest BCUT2D eigenvalue weighted by molar-refractivity contribution is 6.91. The molecular formula is C36H82O9Si4. The molecule has 0 amide bonds. The maximum Gasteiger partial charge on any atom is 0.358 e. The second-order valence-corrected chi connectivity index (χ2v) is 30.0. The summed E-state index contributed by atoms with van der Waals surface area (Å²) >= 11 is 0. The summed E-state index contributed by atoms with van der Waals surface area (Å²) in [5.74, 6) is 0. The van der Waals surface area contributed by atoms with E-state index in [2.05, 4.69) is 96.9 Å². The molecule has 0 aromatic heterocycles. The van der Waals surface area contributed by atoms with Crippen molar-refractivity contribution in [3.63, 3.8) is 0 Å². The Labute approximate surface area is 308 Å². The standard InChI is InChI=1S/C36H82O9Si4/c1-15-21-25-37-29-46(33(7)8,41-19-5)43-48(35(11)12,31-39-27-23-17-3)45-49(36(13)14,32-40-28-24-18-4)44-47(34(9)10,42-20-6)30-38-26-22-16-2/h33-36H,15-32H2,1-14H3. The topological polar surface area (TPSA) is 83.1 Å². The first kappa shape index (κ1) is 49.5. The van der Waals surface area contributed by atoms with Gasteiger partial charge in [0.15, 0.2) is 0 Å². The SMILES string of the molecule is CCCCOC[Si](OCC)(O[Si](COCCCC)(O[Si](COCCCC)(O[Si](COCCCC)(OCC)C(C)C)C(C)C)C(C)C)C(C)C. The van der Waals surface area contributed by atoms with Gasteiger partial charge in [-0.1, -0.05) is 109 Å². The van der Waals surface area contributed by atoms with Gasteiger partial charge in [-0.3, -0.25) is 0 Å². The van der Waals surface area contributed by atoms with Gasteiger partial charge in [-0.15, -0.1) is 0 Å². The van der Waals surface area contributed by atoms with Crippen LogP contribution in [0.2, 0.25) is 22.2 Å². The summed E-state index contributed by atoms with van der Waals surface area (Å²) in [6, 6.07) is 0. The Kier molecular flexibility index (Phi) is 27.4. The van der Waals surface area contributed by atoms with E-state index in [-0.39, 0.29) is 22.2 Å². The third-order valence-corrected chi connectivity index (χ3v) is 28.4. The maximum absolute atomic E-state index is 7.85. The van der Waals surface area contributed by atoms with Crippen LogP contribution in [0, 0.1) is 0 Å². The van der Waals surface area contributed by atoms with E-state index in [4.69, 9.17) is 40.1 Å². The van der Waals surface area contributed by atoms with E-state index < -0.39 is 34.2 Å². The number of unbranched alkanes of at least 4 members (excludes halogenated alkanes) is 4. The van der Waals surface area contributed by atoms with E-state index in [1.807, 2.05) is 0 Å². The van der Waals surface area contributed by atoms with Crippen LogP contribution in [0.15, 0.2) is 0 Å². The lowest BCUT2D eigenvalue weighted by molar-refractivity contribution is 0.0824. The lowest BCUT2D eigenvalue weighted by Gasteiger charge is -2.51. The number of hydrogen-bond donors (Lipinski definition) is 0. The van der Waals surface area contributed by atoms with Gasteiger partial charge in [-0.2, -0.15) is 0 Å². The summed E-state index contributed by atoms with van der Waals surface area (Å²) in [4.78, 5) is 0. The first-order valence-electron chi connectivity index (χ1n) is 20.0. The average molecular weight is 771 g/mol. The molecule has 0 N–H and O–H groups in total. The van der Waals surface area contributed by atoms with E-state index in [1.165, 1.54) is 0 Å². The van der Waals surface area contributed by atoms with Crippen LogP contribution in [0.1, 0.15) is 148 Å². The molecule has 4 atom stereocenters. The highest BCUT2D eigenvalue weighted by Crippen LogP contribution is 2.41. The Balaban J connectivity index is 7.47. The van der Waals surface area contributed by atoms with E-state index in [0.717, 1.165) is 51.4 Å². The Bertz CT molecular complexity index is 736. The van der Waals surface area contributed by atoms with Gasteiger partial charge < -0.3 is 40.1 Å². The molecule has 0 radical (unpaired) electrons. The van der Waals surface area contributed by atoms with Gasteiger partial charge >= 0.3 is 34.2 Å². The van der Waals surface area contributed by atoms with Crippen molar-refractivity contribution < 1.29 is 40.1 Å². The highest BCUT2D eigenvalue weighted by atomic mass is 28.5. The molecule has 0 heterocycles. The normalized spacial score (nSPS) is 17.5. The molecule has 0 rings (SSSR count). The molecule has 296 valence electrons. The molecule has 0 aromatic carbocycles. The molecule has 0 fully saturated rings. The van der Waals surface area contributed by atoms with Crippen molar-refractivity contribution in [1.29, 1.82) is 0 Å². The number of hydrogen-bond acceptors (Lipinski definition) is 9. The Hall–Kier alpha value is 0.508. The predicted octanol–water partition coefficient (Wildman–Crippen LogP) is 9.94. The highest BCUT2D eigenvalue weighted by Gasteiger charge is 2.61. The van der Waals surface area contributed by atoms with Crippen molar-refractivity contribution in [2.24, 2.45) is 0 Å². The summed E-state index contributed by atoms with van der Waals surface area (Å²) in [6.45, 7) is 34.4. The van der Waals surface area contributed by atoms with Crippen LogP contribution in [0.5, 0.6) is 0 Å². The van der Waals surface area contributed by atoms with Crippen molar-refractivity contribution in [1.82, 2.24) is 0 Å². The number of rotatable bonds is 34. The van der Waals surface area contributed by atoms with E-state index >= 15 is 0 Å². The molecule has 13 heteroatoms. The molecule has 0 saturated heterocycles. The van der Waals surface area contributed by atoms with Gasteiger partial charge in [-0.05, 0) is 61.7 Å². The van der Waals surface area contributed by atoms with Gasteiger partial charge in [0.25, 0.3) is 0 Å². The molecule has 4 unspecified atom stereocenters. The van der Waals surface area contributed by atoms with Crippen LogP contribution in [-0.2, 0) is 40.1 Å². The van der Waals surface area contributed by atoms with Gasteiger partial charge in [0, 0.05) is 39.6 Å². The zero-order chi connectivity index (χ0) is 37.4. The third kappa shape index (κ3) is 17.0. The van der Waals surface area contributed by atoms with Crippen LogP contribution < -0.4 is 0 Å². The summed E-state index contributed by atoms with van der Waals surface area (Å²) < 4.78 is 62.5. The first-order chi connectivity index (χ1) is 23.3. The summed E-state index contributed by atoms with van der Waals surface area (Å²) in [7, 11) is -12.5. The smallest absolute Gasteiger partial charge is 0.358 e. The van der Waals surface area contributed by atoms with Crippen LogP contribution in [0.3, 0.4) is 0 Å². The Morgan fingerprint density at radius 1 is 0.347 bits per heavy atom. The maximum atomic E-state index is 7.85. The monoisotopic (exact) mass is 771 g/mol. The second kappa shape index (κ2) is 27.1. The van der Waals surface area contributed by atoms with E-state index in [0.29, 0.717) is 64.6 Å². The predicted molar refractivity (Wildman–Crippen MR) is 213 cm³/mol. The minimum absolute atomic E-state index is 0.0451. The quantitative estimate of drug-likeness (QED) is 0.0469. The average Bonchev–Trinajstić information content (AvgIpc) is 3.05. The lowest BCUT2D eigenvalue weighted by atomic mass is 10.4. The first-order valence-corrected chi connectivity index (χ1v) is 28.4. The van der Waals surface area contributed by atoms with Gasteiger partial charge in [0.1, 0.15) is 0 Å². The molecule has 0 aliphatic heterocycles. The van der Waals surface area contributed by atoms with Gasteiger partial charge in [-0.25, -0.2) is 0 Å². The molecule has 0 bridgehead atoms. The largest absolute Gasteiger partial charge is 0.412 e. The molecular weight excluding hydrogens is 689 g/mol. The minimum Gasteiger partial charge on any atom is -0.412 e. The van der Waals surface area contributed by atoms with Gasteiger partial charge in [0.05, 0.1) is 24.9 Å². The van der Waals surface area contributed by atoms with Crippen LogP contribution in [0.25, 0.3) is 0 Å². The van der Waals surface area contributed by atoms with Crippen LogP contribution in [0.4, 0.5) is 0 Å². The fraction of sp³-hybridized carbons (Fsp3) is 1.00. The van der Waals surface area contributed by atoms with E-state index in [1.54, 1.807) is 0 Å². The van der Waals surface area contributed by atoms with Crippen molar-refractivity contribution in [2.45, 2.75) is 170 Å². The molecule has 49 heavy (non-hydrogen) atoms. The van der Waals surface area contributed by atoms with Crippen molar-refractivity contribution in [2.75, 3.05) is 64.6 Å². The third-order valence-electron chi connectivity index (χ3n) is 9.11. The fourth-order valence-corrected chi connectivity index (χ4v) is 25.8. The molecule has 0 saturated carbocycles. The van der Waals surface area contributed by atoms with Crippen LogP contribution in [-0.4, -0.2) is 98.8 Å². The minimum atomic E-state index is -3.28. The van der Waals surface area contributed by atoms with Crippen molar-refractivity contribution in [3.05, 3.63) is 0 Å². The second-order valence-electron chi connectivity index (χ2n) is 14.7. The Morgan fingerprint density at radius 3 is 0.776 bits per heavy atom.